The molecule has 0 saturated carbocycles. The van der Waals surface area contributed by atoms with Crippen LogP contribution in [0, 0.1) is 0 Å². The molecular weight excluding hydrogens is 306 g/mol. The van der Waals surface area contributed by atoms with Crippen molar-refractivity contribution in [3.8, 4) is 0 Å². The van der Waals surface area contributed by atoms with Gasteiger partial charge in [-0.1, -0.05) is 0 Å². The normalized spacial score (nSPS) is 14.5. The summed E-state index contributed by atoms with van der Waals surface area (Å²) in [5.74, 6) is 1.42. The molecule has 1 fully saturated rings. The third kappa shape index (κ3) is 3.95. The zero-order valence-electron chi connectivity index (χ0n) is 13.7. The fourth-order valence-corrected chi connectivity index (χ4v) is 2.59. The van der Waals surface area contributed by atoms with Gasteiger partial charge in [0, 0.05) is 52.2 Å². The smallest absolute Gasteiger partial charge is 0.247 e. The Balaban J connectivity index is 1.61. The monoisotopic (exact) mass is 327 g/mol. The van der Waals surface area contributed by atoms with Gasteiger partial charge < -0.3 is 14.7 Å². The maximum Gasteiger partial charge on any atom is 0.247 e. The number of amides is 1. The number of hydrogen-bond donors (Lipinski definition) is 0. The lowest BCUT2D eigenvalue weighted by molar-refractivity contribution is -0.118. The van der Waals surface area contributed by atoms with Crippen LogP contribution in [0.5, 0.6) is 0 Å². The van der Waals surface area contributed by atoms with E-state index >= 15 is 0 Å². The highest BCUT2D eigenvalue weighted by Gasteiger charge is 2.19. The van der Waals surface area contributed by atoms with Crippen LogP contribution < -0.4 is 9.80 Å². The Kier molecular flexibility index (Phi) is 5.15. The maximum atomic E-state index is 10.8. The van der Waals surface area contributed by atoms with E-state index in [1.165, 1.54) is 5.56 Å². The van der Waals surface area contributed by atoms with Crippen molar-refractivity contribution >= 4 is 18.2 Å². The molecule has 0 radical (unpaired) electrons. The van der Waals surface area contributed by atoms with Gasteiger partial charge in [0.25, 0.3) is 0 Å². The summed E-state index contributed by atoms with van der Waals surface area (Å²) in [5.41, 5.74) is 1.24. The average Bonchev–Trinajstić information content (AvgIpc) is 2.67. The fourth-order valence-electron chi connectivity index (χ4n) is 2.59. The number of pyridine rings is 1. The van der Waals surface area contributed by atoms with Crippen LogP contribution in [-0.2, 0) is 11.2 Å². The van der Waals surface area contributed by atoms with Gasteiger partial charge in [0.2, 0.25) is 12.4 Å². The Morgan fingerprint density at radius 2 is 1.96 bits per heavy atom. The molecule has 1 aliphatic rings. The molecule has 24 heavy (non-hydrogen) atoms. The van der Waals surface area contributed by atoms with Crippen molar-refractivity contribution in [3.63, 3.8) is 0 Å². The van der Waals surface area contributed by atoms with Crippen LogP contribution in [0.2, 0.25) is 0 Å². The molecule has 0 bridgehead atoms. The molecule has 2 aromatic heterocycles. The summed E-state index contributed by atoms with van der Waals surface area (Å²) in [6, 6.07) is 4.04. The summed E-state index contributed by atoms with van der Waals surface area (Å²) < 4.78 is 0. The Hall–Kier alpha value is -2.77. The van der Waals surface area contributed by atoms with Gasteiger partial charge in [-0.25, -0.2) is 0 Å². The zero-order chi connectivity index (χ0) is 16.8. The molecule has 1 aliphatic heterocycles. The lowest BCUT2D eigenvalue weighted by atomic mass is 10.2. The van der Waals surface area contributed by atoms with E-state index in [2.05, 4.69) is 30.0 Å². The predicted molar refractivity (Wildman–Crippen MR) is 90.9 cm³/mol. The summed E-state index contributed by atoms with van der Waals surface area (Å²) in [4.78, 5) is 25.3. The molecular formula is C16H21N7O. The van der Waals surface area contributed by atoms with E-state index in [0.29, 0.717) is 19.0 Å². The Morgan fingerprint density at radius 1 is 1.21 bits per heavy atom. The highest BCUT2D eigenvalue weighted by Crippen LogP contribution is 2.14. The van der Waals surface area contributed by atoms with E-state index in [1.807, 2.05) is 19.2 Å². The summed E-state index contributed by atoms with van der Waals surface area (Å²) in [6.45, 7) is 3.67. The third-order valence-corrected chi connectivity index (χ3v) is 4.16. The second kappa shape index (κ2) is 7.67. The van der Waals surface area contributed by atoms with Crippen LogP contribution in [0.4, 0.5) is 11.8 Å². The first-order valence-electron chi connectivity index (χ1n) is 8.00. The van der Waals surface area contributed by atoms with Crippen LogP contribution >= 0.6 is 0 Å². The first-order chi connectivity index (χ1) is 11.8. The van der Waals surface area contributed by atoms with E-state index in [0.717, 1.165) is 38.3 Å². The number of aromatic nitrogens is 4. The van der Waals surface area contributed by atoms with Crippen molar-refractivity contribution in [1.82, 2.24) is 25.1 Å². The lowest BCUT2D eigenvalue weighted by Crippen LogP contribution is -2.46. The number of anilines is 2. The zero-order valence-corrected chi connectivity index (χ0v) is 13.7. The molecule has 1 saturated heterocycles. The molecule has 3 rings (SSSR count). The molecule has 0 aliphatic carbocycles. The molecule has 8 heteroatoms. The van der Waals surface area contributed by atoms with Crippen molar-refractivity contribution in [2.75, 3.05) is 49.6 Å². The highest BCUT2D eigenvalue weighted by molar-refractivity contribution is 5.48. The SMILES string of the molecule is CN(CCc1ccncc1)c1cnnc(N2CCN(C=O)CC2)n1. The van der Waals surface area contributed by atoms with Crippen LogP contribution in [0.1, 0.15) is 5.56 Å². The van der Waals surface area contributed by atoms with Crippen LogP contribution in [-0.4, -0.2) is 71.2 Å². The first-order valence-corrected chi connectivity index (χ1v) is 8.00. The molecule has 126 valence electrons. The van der Waals surface area contributed by atoms with Crippen LogP contribution in [0.3, 0.4) is 0 Å². The molecule has 0 N–H and O–H groups in total. The molecule has 1 amide bonds. The average molecular weight is 327 g/mol. The third-order valence-electron chi connectivity index (χ3n) is 4.16. The van der Waals surface area contributed by atoms with Gasteiger partial charge in [0.1, 0.15) is 0 Å². The summed E-state index contributed by atoms with van der Waals surface area (Å²) in [7, 11) is 2.00. The van der Waals surface area contributed by atoms with Gasteiger partial charge in [-0.3, -0.25) is 9.78 Å². The van der Waals surface area contributed by atoms with Gasteiger partial charge >= 0.3 is 0 Å². The molecule has 0 atom stereocenters. The second-order valence-electron chi connectivity index (χ2n) is 5.77. The van der Waals surface area contributed by atoms with Crippen molar-refractivity contribution in [2.45, 2.75) is 6.42 Å². The number of nitrogens with zero attached hydrogens (tertiary/aromatic N) is 7. The minimum absolute atomic E-state index is 0.619. The van der Waals surface area contributed by atoms with Crippen LogP contribution in [0.15, 0.2) is 30.7 Å². The van der Waals surface area contributed by atoms with Crippen molar-refractivity contribution in [3.05, 3.63) is 36.3 Å². The van der Waals surface area contributed by atoms with Gasteiger partial charge in [0.15, 0.2) is 5.82 Å². The van der Waals surface area contributed by atoms with Crippen molar-refractivity contribution in [2.24, 2.45) is 0 Å². The fraction of sp³-hybridized carbons (Fsp3) is 0.438. The van der Waals surface area contributed by atoms with Crippen LogP contribution in [0.25, 0.3) is 0 Å². The Bertz CT molecular complexity index is 658. The van der Waals surface area contributed by atoms with Gasteiger partial charge in [-0.2, -0.15) is 10.1 Å². The molecule has 3 heterocycles. The second-order valence-corrected chi connectivity index (χ2v) is 5.77. The Labute approximate surface area is 141 Å². The summed E-state index contributed by atoms with van der Waals surface area (Å²) in [6.07, 6.45) is 7.09. The Morgan fingerprint density at radius 3 is 2.67 bits per heavy atom. The number of rotatable bonds is 6. The number of hydrogen-bond acceptors (Lipinski definition) is 7. The highest BCUT2D eigenvalue weighted by atomic mass is 16.1. The number of likely N-dealkylation sites (N-methyl/N-ethyl adjacent to an activating group) is 1. The largest absolute Gasteiger partial charge is 0.358 e. The van der Waals surface area contributed by atoms with Gasteiger partial charge in [-0.05, 0) is 24.1 Å². The quantitative estimate of drug-likeness (QED) is 0.703. The number of carbonyl (C=O) groups is 1. The van der Waals surface area contributed by atoms with E-state index < -0.39 is 0 Å². The minimum atomic E-state index is 0.619. The summed E-state index contributed by atoms with van der Waals surface area (Å²) >= 11 is 0. The van der Waals surface area contributed by atoms with E-state index in [4.69, 9.17) is 0 Å². The predicted octanol–water partition coefficient (Wildman–Crippen LogP) is 0.224. The molecule has 2 aromatic rings. The van der Waals surface area contributed by atoms with E-state index in [9.17, 15) is 4.79 Å². The maximum absolute atomic E-state index is 10.8. The van der Waals surface area contributed by atoms with Crippen molar-refractivity contribution < 1.29 is 4.79 Å². The first kappa shape index (κ1) is 16.1. The van der Waals surface area contributed by atoms with E-state index in [1.54, 1.807) is 23.5 Å². The lowest BCUT2D eigenvalue weighted by Gasteiger charge is -2.32. The molecule has 0 unspecified atom stereocenters. The molecule has 0 aromatic carbocycles. The standard InChI is InChI=1S/C16H21N7O/c1-21(7-4-14-2-5-17-6-3-14)15-12-18-20-16(19-15)23-10-8-22(13-24)9-11-23/h2-3,5-6,12-13H,4,7-11H2,1H3. The molecule has 0 spiro atoms. The van der Waals surface area contributed by atoms with Crippen molar-refractivity contribution in [1.29, 1.82) is 0 Å². The van der Waals surface area contributed by atoms with Gasteiger partial charge in [-0.15, -0.1) is 5.10 Å². The van der Waals surface area contributed by atoms with Gasteiger partial charge in [0.05, 0.1) is 6.20 Å². The minimum Gasteiger partial charge on any atom is -0.358 e. The number of carbonyl (C=O) groups excluding carboxylic acids is 1. The summed E-state index contributed by atoms with van der Waals surface area (Å²) in [5, 5.41) is 8.22. The van der Waals surface area contributed by atoms with E-state index in [-0.39, 0.29) is 0 Å². The topological polar surface area (TPSA) is 78.4 Å². The number of piperazine rings is 1. The molecule has 8 nitrogen and oxygen atoms in total.